The first kappa shape index (κ1) is 25.5. The van der Waals surface area contributed by atoms with Gasteiger partial charge in [0.25, 0.3) is 5.91 Å². The molecule has 1 amide bonds. The van der Waals surface area contributed by atoms with Gasteiger partial charge in [0.05, 0.1) is 10.5 Å². The van der Waals surface area contributed by atoms with Crippen LogP contribution in [0.4, 0.5) is 10.1 Å². The molecule has 1 fully saturated rings. The maximum absolute atomic E-state index is 14.3. The number of sulfonamides is 1. The standard InChI is InChI=1S/C21H25ClFN3O3S.ClH/c1-3-8-25-9-11-26(12-10-25)30(28,29)17-6-7-20(23)18(14-17)21(27)24-16-5-4-15(2)19(22)13-16;/h4-7,13-14H,3,8-12H2,1-2H3,(H,24,27);1H. The fourth-order valence-corrected chi connectivity index (χ4v) is 5.00. The summed E-state index contributed by atoms with van der Waals surface area (Å²) in [6, 6.07) is 8.23. The number of nitrogens with one attached hydrogen (secondary N) is 1. The summed E-state index contributed by atoms with van der Waals surface area (Å²) in [6.45, 7) is 6.86. The minimum atomic E-state index is -3.82. The Morgan fingerprint density at radius 2 is 1.81 bits per heavy atom. The number of aryl methyl sites for hydroxylation is 1. The molecule has 0 atom stereocenters. The van der Waals surface area contributed by atoms with Gasteiger partial charge in [-0.1, -0.05) is 24.6 Å². The van der Waals surface area contributed by atoms with Gasteiger partial charge in [-0.3, -0.25) is 4.79 Å². The summed E-state index contributed by atoms with van der Waals surface area (Å²) >= 11 is 6.06. The second kappa shape index (κ2) is 10.7. The van der Waals surface area contributed by atoms with E-state index >= 15 is 0 Å². The number of rotatable bonds is 6. The fourth-order valence-electron chi connectivity index (χ4n) is 3.37. The molecule has 0 aliphatic carbocycles. The summed E-state index contributed by atoms with van der Waals surface area (Å²) in [5.74, 6) is -1.53. The summed E-state index contributed by atoms with van der Waals surface area (Å²) in [5, 5.41) is 3.03. The Kier molecular flexibility index (Phi) is 8.85. The number of carbonyl (C=O) groups is 1. The second-order valence-corrected chi connectivity index (χ2v) is 9.65. The number of piperazine rings is 1. The van der Waals surface area contributed by atoms with Crippen LogP contribution in [-0.2, 0) is 10.0 Å². The molecule has 6 nitrogen and oxygen atoms in total. The van der Waals surface area contributed by atoms with Crippen molar-refractivity contribution in [3.8, 4) is 0 Å². The molecule has 0 saturated carbocycles. The number of carbonyl (C=O) groups excluding carboxylic acids is 1. The Hall–Kier alpha value is -1.71. The maximum atomic E-state index is 14.3. The lowest BCUT2D eigenvalue weighted by Crippen LogP contribution is -2.48. The molecular weight excluding hydrogens is 464 g/mol. The first-order chi connectivity index (χ1) is 14.2. The van der Waals surface area contributed by atoms with Crippen molar-refractivity contribution in [3.63, 3.8) is 0 Å². The monoisotopic (exact) mass is 489 g/mol. The van der Waals surface area contributed by atoms with Crippen molar-refractivity contribution in [2.45, 2.75) is 25.2 Å². The zero-order valence-electron chi connectivity index (χ0n) is 17.4. The highest BCUT2D eigenvalue weighted by molar-refractivity contribution is 7.89. The number of nitrogens with zero attached hydrogens (tertiary/aromatic N) is 2. The van der Waals surface area contributed by atoms with E-state index in [2.05, 4.69) is 17.1 Å². The van der Waals surface area contributed by atoms with Gasteiger partial charge in [0.15, 0.2) is 0 Å². The van der Waals surface area contributed by atoms with Crippen molar-refractivity contribution in [2.75, 3.05) is 38.0 Å². The van der Waals surface area contributed by atoms with Crippen LogP contribution in [0.2, 0.25) is 5.02 Å². The minimum Gasteiger partial charge on any atom is -0.322 e. The molecule has 10 heteroatoms. The number of anilines is 1. The third-order valence-corrected chi connectivity index (χ3v) is 7.42. The lowest BCUT2D eigenvalue weighted by atomic mass is 10.2. The van der Waals surface area contributed by atoms with Gasteiger partial charge < -0.3 is 10.2 Å². The molecule has 1 saturated heterocycles. The van der Waals surface area contributed by atoms with Gasteiger partial charge in [0, 0.05) is 36.9 Å². The summed E-state index contributed by atoms with van der Waals surface area (Å²) in [6.07, 6.45) is 1.01. The van der Waals surface area contributed by atoms with E-state index in [0.29, 0.717) is 36.9 Å². The molecule has 1 heterocycles. The molecule has 0 spiro atoms. The van der Waals surface area contributed by atoms with Crippen molar-refractivity contribution in [2.24, 2.45) is 0 Å². The maximum Gasteiger partial charge on any atom is 0.258 e. The molecule has 0 radical (unpaired) electrons. The first-order valence-electron chi connectivity index (χ1n) is 9.82. The van der Waals surface area contributed by atoms with E-state index in [4.69, 9.17) is 11.6 Å². The van der Waals surface area contributed by atoms with E-state index < -0.39 is 21.7 Å². The topological polar surface area (TPSA) is 69.7 Å². The predicted octanol–water partition coefficient (Wildman–Crippen LogP) is 4.18. The zero-order valence-corrected chi connectivity index (χ0v) is 19.8. The SMILES string of the molecule is CCCN1CCN(S(=O)(=O)c2ccc(F)c(C(=O)Nc3ccc(C)c(Cl)c3)c2)CC1.Cl. The van der Waals surface area contributed by atoms with Gasteiger partial charge >= 0.3 is 0 Å². The van der Waals surface area contributed by atoms with Gasteiger partial charge in [-0.05, 0) is 55.8 Å². The Balaban J connectivity index is 0.00000341. The van der Waals surface area contributed by atoms with Crippen LogP contribution in [0.1, 0.15) is 29.3 Å². The highest BCUT2D eigenvalue weighted by atomic mass is 35.5. The molecule has 2 aromatic carbocycles. The largest absolute Gasteiger partial charge is 0.322 e. The van der Waals surface area contributed by atoms with E-state index in [9.17, 15) is 17.6 Å². The van der Waals surface area contributed by atoms with Crippen molar-refractivity contribution in [1.29, 1.82) is 0 Å². The van der Waals surface area contributed by atoms with Crippen molar-refractivity contribution in [1.82, 2.24) is 9.21 Å². The number of amides is 1. The van der Waals surface area contributed by atoms with Crippen LogP contribution in [0.15, 0.2) is 41.3 Å². The number of halogens is 3. The van der Waals surface area contributed by atoms with Crippen LogP contribution in [-0.4, -0.2) is 56.3 Å². The molecule has 2 aromatic rings. The molecule has 170 valence electrons. The van der Waals surface area contributed by atoms with Gasteiger partial charge in [0.2, 0.25) is 10.0 Å². The van der Waals surface area contributed by atoms with Crippen LogP contribution in [0.5, 0.6) is 0 Å². The highest BCUT2D eigenvalue weighted by Crippen LogP contribution is 2.23. The first-order valence-corrected chi connectivity index (χ1v) is 11.6. The molecule has 1 aliphatic heterocycles. The average Bonchev–Trinajstić information content (AvgIpc) is 2.71. The van der Waals surface area contributed by atoms with Crippen LogP contribution < -0.4 is 5.32 Å². The van der Waals surface area contributed by atoms with Gasteiger partial charge in [-0.25, -0.2) is 12.8 Å². The molecule has 3 rings (SSSR count). The molecule has 1 aliphatic rings. The third kappa shape index (κ3) is 5.96. The van der Waals surface area contributed by atoms with E-state index in [-0.39, 0.29) is 22.9 Å². The zero-order chi connectivity index (χ0) is 21.9. The van der Waals surface area contributed by atoms with Gasteiger partial charge in [-0.15, -0.1) is 12.4 Å². The Morgan fingerprint density at radius 1 is 1.13 bits per heavy atom. The molecular formula is C21H26Cl2FN3O3S. The summed E-state index contributed by atoms with van der Waals surface area (Å²) in [4.78, 5) is 14.7. The lowest BCUT2D eigenvalue weighted by molar-refractivity contribution is 0.102. The smallest absolute Gasteiger partial charge is 0.258 e. The van der Waals surface area contributed by atoms with E-state index in [1.165, 1.54) is 10.4 Å². The number of hydrogen-bond donors (Lipinski definition) is 1. The minimum absolute atomic E-state index is 0. The highest BCUT2D eigenvalue weighted by Gasteiger charge is 2.29. The Morgan fingerprint density at radius 3 is 2.42 bits per heavy atom. The van der Waals surface area contributed by atoms with Crippen molar-refractivity contribution < 1.29 is 17.6 Å². The van der Waals surface area contributed by atoms with E-state index in [1.807, 2.05) is 6.92 Å². The van der Waals surface area contributed by atoms with Gasteiger partial charge in [0.1, 0.15) is 5.82 Å². The summed E-state index contributed by atoms with van der Waals surface area (Å²) in [7, 11) is -3.82. The molecule has 0 unspecified atom stereocenters. The lowest BCUT2D eigenvalue weighted by Gasteiger charge is -2.33. The Bertz CT molecular complexity index is 1040. The van der Waals surface area contributed by atoms with E-state index in [0.717, 1.165) is 30.7 Å². The summed E-state index contributed by atoms with van der Waals surface area (Å²) < 4.78 is 41.7. The fraction of sp³-hybridized carbons (Fsp3) is 0.381. The van der Waals surface area contributed by atoms with Crippen molar-refractivity contribution >= 4 is 45.6 Å². The van der Waals surface area contributed by atoms with Gasteiger partial charge in [-0.2, -0.15) is 4.31 Å². The predicted molar refractivity (Wildman–Crippen MR) is 123 cm³/mol. The van der Waals surface area contributed by atoms with E-state index in [1.54, 1.807) is 18.2 Å². The average molecular weight is 490 g/mol. The molecule has 31 heavy (non-hydrogen) atoms. The Labute approximate surface area is 193 Å². The number of hydrogen-bond acceptors (Lipinski definition) is 4. The number of benzene rings is 2. The van der Waals surface area contributed by atoms with Crippen LogP contribution in [0.25, 0.3) is 0 Å². The van der Waals surface area contributed by atoms with Crippen LogP contribution in [0, 0.1) is 12.7 Å². The molecule has 1 N–H and O–H groups in total. The molecule has 0 aromatic heterocycles. The second-order valence-electron chi connectivity index (χ2n) is 7.31. The van der Waals surface area contributed by atoms with Crippen molar-refractivity contribution in [3.05, 3.63) is 58.4 Å². The van der Waals surface area contributed by atoms with Crippen LogP contribution in [0.3, 0.4) is 0 Å². The quantitative estimate of drug-likeness (QED) is 0.660. The van der Waals surface area contributed by atoms with Crippen LogP contribution >= 0.6 is 24.0 Å². The molecule has 0 bridgehead atoms. The normalized spacial score (nSPS) is 15.4. The summed E-state index contributed by atoms with van der Waals surface area (Å²) in [5.41, 5.74) is 0.903. The third-order valence-electron chi connectivity index (χ3n) is 5.12.